The third-order valence-corrected chi connectivity index (χ3v) is 5.07. The van der Waals surface area contributed by atoms with Crippen LogP contribution in [-0.2, 0) is 12.8 Å². The quantitative estimate of drug-likeness (QED) is 0.548. The van der Waals surface area contributed by atoms with E-state index >= 15 is 0 Å². The second-order valence-electron chi connectivity index (χ2n) is 9.26. The van der Waals surface area contributed by atoms with Crippen LogP contribution in [0.4, 0.5) is 0 Å². The Morgan fingerprint density at radius 2 is 1.41 bits per heavy atom. The van der Waals surface area contributed by atoms with Gasteiger partial charge in [0.25, 0.3) is 0 Å². The smallest absolute Gasteiger partial charge is 0.0157 e. The van der Waals surface area contributed by atoms with E-state index in [0.717, 1.165) is 12.8 Å². The fourth-order valence-corrected chi connectivity index (χ4v) is 3.73. The predicted molar refractivity (Wildman–Crippen MR) is 101 cm³/mol. The monoisotopic (exact) mass is 302 g/mol. The molecule has 0 spiro atoms. The Labute approximate surface area is 139 Å². The summed E-state index contributed by atoms with van der Waals surface area (Å²) >= 11 is 0. The van der Waals surface area contributed by atoms with Gasteiger partial charge >= 0.3 is 0 Å². The first-order valence-electron chi connectivity index (χ1n) is 9.11. The molecule has 0 heteroatoms. The van der Waals surface area contributed by atoms with Crippen LogP contribution < -0.4 is 0 Å². The Morgan fingerprint density at radius 1 is 0.864 bits per heavy atom. The van der Waals surface area contributed by atoms with Crippen molar-refractivity contribution in [3.63, 3.8) is 0 Å². The molecule has 126 valence electrons. The largest absolute Gasteiger partial charge is 0.0613 e. The standard InChI is InChI=1S/C22H38/c1-10-17-12-13-19(14-18(17)11-2)16(3)20(22(7,8)9)15-21(4,5)6/h12-14,16,20H,10-11,15H2,1-9H3. The zero-order valence-electron chi connectivity index (χ0n) is 16.5. The van der Waals surface area contributed by atoms with Gasteiger partial charge in [-0.25, -0.2) is 0 Å². The molecule has 22 heavy (non-hydrogen) atoms. The Kier molecular flexibility index (Phi) is 6.30. The molecule has 0 aliphatic carbocycles. The lowest BCUT2D eigenvalue weighted by molar-refractivity contribution is 0.141. The molecule has 0 aromatic heterocycles. The minimum atomic E-state index is 0.336. The minimum Gasteiger partial charge on any atom is -0.0613 e. The first-order valence-corrected chi connectivity index (χ1v) is 9.11. The van der Waals surface area contributed by atoms with Gasteiger partial charge in [0, 0.05) is 0 Å². The van der Waals surface area contributed by atoms with Crippen LogP contribution in [-0.4, -0.2) is 0 Å². The van der Waals surface area contributed by atoms with Crippen molar-refractivity contribution in [2.24, 2.45) is 16.7 Å². The molecule has 0 saturated heterocycles. The normalized spacial score (nSPS) is 15.7. The molecule has 2 atom stereocenters. The van der Waals surface area contributed by atoms with Gasteiger partial charge < -0.3 is 0 Å². The highest BCUT2D eigenvalue weighted by molar-refractivity contribution is 5.34. The first-order chi connectivity index (χ1) is 9.99. The first kappa shape index (κ1) is 19.3. The molecule has 1 aromatic rings. The average molecular weight is 303 g/mol. The minimum absolute atomic E-state index is 0.336. The molecule has 0 amide bonds. The van der Waals surface area contributed by atoms with Crippen LogP contribution in [0.5, 0.6) is 0 Å². The summed E-state index contributed by atoms with van der Waals surface area (Å²) in [6.45, 7) is 21.3. The summed E-state index contributed by atoms with van der Waals surface area (Å²) in [7, 11) is 0. The molecule has 0 aliphatic rings. The van der Waals surface area contributed by atoms with E-state index in [2.05, 4.69) is 80.5 Å². The lowest BCUT2D eigenvalue weighted by Gasteiger charge is -2.40. The van der Waals surface area contributed by atoms with E-state index in [1.54, 1.807) is 0 Å². The Hall–Kier alpha value is -0.780. The summed E-state index contributed by atoms with van der Waals surface area (Å²) in [5, 5.41) is 0. The molecule has 0 fully saturated rings. The highest BCUT2D eigenvalue weighted by Crippen LogP contribution is 2.44. The maximum atomic E-state index is 2.48. The zero-order valence-corrected chi connectivity index (χ0v) is 16.5. The Bertz CT molecular complexity index is 468. The van der Waals surface area contributed by atoms with Crippen LogP contribution in [0.15, 0.2) is 18.2 Å². The topological polar surface area (TPSA) is 0 Å². The molecular weight excluding hydrogens is 264 g/mol. The van der Waals surface area contributed by atoms with Crippen LogP contribution in [0.1, 0.15) is 91.3 Å². The Morgan fingerprint density at radius 3 is 1.82 bits per heavy atom. The van der Waals surface area contributed by atoms with Crippen molar-refractivity contribution in [3.8, 4) is 0 Å². The zero-order chi connectivity index (χ0) is 17.1. The number of hydrogen-bond acceptors (Lipinski definition) is 0. The van der Waals surface area contributed by atoms with E-state index < -0.39 is 0 Å². The van der Waals surface area contributed by atoms with Gasteiger partial charge in [-0.15, -0.1) is 0 Å². The van der Waals surface area contributed by atoms with Gasteiger partial charge in [-0.1, -0.05) is 80.5 Å². The molecular formula is C22H38. The van der Waals surface area contributed by atoms with E-state index in [1.165, 1.54) is 23.1 Å². The van der Waals surface area contributed by atoms with Crippen LogP contribution >= 0.6 is 0 Å². The summed E-state index contributed by atoms with van der Waals surface area (Å²) in [6.07, 6.45) is 3.56. The number of aryl methyl sites for hydroxylation is 2. The number of rotatable bonds is 5. The second-order valence-corrected chi connectivity index (χ2v) is 9.26. The van der Waals surface area contributed by atoms with Gasteiger partial charge in [0.2, 0.25) is 0 Å². The van der Waals surface area contributed by atoms with Crippen molar-refractivity contribution in [2.75, 3.05) is 0 Å². The van der Waals surface area contributed by atoms with Crippen molar-refractivity contribution in [3.05, 3.63) is 34.9 Å². The van der Waals surface area contributed by atoms with Crippen molar-refractivity contribution in [1.29, 1.82) is 0 Å². The maximum Gasteiger partial charge on any atom is -0.0157 e. The molecule has 0 nitrogen and oxygen atoms in total. The molecule has 2 unspecified atom stereocenters. The third-order valence-electron chi connectivity index (χ3n) is 5.07. The predicted octanol–water partition coefficient (Wildman–Crippen LogP) is 7.01. The summed E-state index contributed by atoms with van der Waals surface area (Å²) in [6, 6.07) is 7.22. The summed E-state index contributed by atoms with van der Waals surface area (Å²) in [5.74, 6) is 1.31. The van der Waals surface area contributed by atoms with Crippen LogP contribution in [0.3, 0.4) is 0 Å². The molecule has 0 heterocycles. The van der Waals surface area contributed by atoms with Crippen molar-refractivity contribution >= 4 is 0 Å². The van der Waals surface area contributed by atoms with Gasteiger partial charge in [-0.3, -0.25) is 0 Å². The average Bonchev–Trinajstić information content (AvgIpc) is 2.41. The summed E-state index contributed by atoms with van der Waals surface area (Å²) in [4.78, 5) is 0. The van der Waals surface area contributed by atoms with E-state index in [1.807, 2.05) is 0 Å². The van der Waals surface area contributed by atoms with E-state index in [0.29, 0.717) is 22.7 Å². The second kappa shape index (κ2) is 7.20. The van der Waals surface area contributed by atoms with E-state index in [-0.39, 0.29) is 0 Å². The van der Waals surface area contributed by atoms with E-state index in [4.69, 9.17) is 0 Å². The highest BCUT2D eigenvalue weighted by atomic mass is 14.4. The fourth-order valence-electron chi connectivity index (χ4n) is 3.73. The number of benzene rings is 1. The molecule has 0 aliphatic heterocycles. The van der Waals surface area contributed by atoms with Gasteiger partial charge in [0.05, 0.1) is 0 Å². The van der Waals surface area contributed by atoms with Gasteiger partial charge in [-0.2, -0.15) is 0 Å². The molecule has 0 radical (unpaired) electrons. The van der Waals surface area contributed by atoms with Gasteiger partial charge in [-0.05, 0) is 58.6 Å². The SMILES string of the molecule is CCc1ccc(C(C)C(CC(C)(C)C)C(C)(C)C)cc1CC. The molecule has 1 rings (SSSR count). The van der Waals surface area contributed by atoms with Gasteiger partial charge in [0.1, 0.15) is 0 Å². The molecule has 0 N–H and O–H groups in total. The fraction of sp³-hybridized carbons (Fsp3) is 0.727. The lowest BCUT2D eigenvalue weighted by Crippen LogP contribution is -2.30. The van der Waals surface area contributed by atoms with Crippen molar-refractivity contribution in [2.45, 2.75) is 87.5 Å². The van der Waals surface area contributed by atoms with Gasteiger partial charge in [0.15, 0.2) is 0 Å². The summed E-state index contributed by atoms with van der Waals surface area (Å²) in [5.41, 5.74) is 5.29. The molecule has 1 aromatic carbocycles. The van der Waals surface area contributed by atoms with Crippen LogP contribution in [0, 0.1) is 16.7 Å². The van der Waals surface area contributed by atoms with E-state index in [9.17, 15) is 0 Å². The van der Waals surface area contributed by atoms with Crippen molar-refractivity contribution < 1.29 is 0 Å². The van der Waals surface area contributed by atoms with Crippen molar-refractivity contribution in [1.82, 2.24) is 0 Å². The maximum absolute atomic E-state index is 2.48. The highest BCUT2D eigenvalue weighted by Gasteiger charge is 2.33. The molecule has 0 saturated carbocycles. The summed E-state index contributed by atoms with van der Waals surface area (Å²) < 4.78 is 0. The number of hydrogen-bond donors (Lipinski definition) is 0. The molecule has 0 bridgehead atoms. The van der Waals surface area contributed by atoms with Crippen LogP contribution in [0.2, 0.25) is 0 Å². The third kappa shape index (κ3) is 5.14. The Balaban J connectivity index is 3.16. The lowest BCUT2D eigenvalue weighted by atomic mass is 9.65. The van der Waals surface area contributed by atoms with Crippen LogP contribution in [0.25, 0.3) is 0 Å².